The van der Waals surface area contributed by atoms with E-state index in [1.807, 2.05) is 17.5 Å². The molecule has 0 bridgehead atoms. The Labute approximate surface area is 111 Å². The van der Waals surface area contributed by atoms with Crippen molar-refractivity contribution < 1.29 is 4.74 Å². The summed E-state index contributed by atoms with van der Waals surface area (Å²) in [5, 5.41) is 10.0. The number of nitrogens with two attached hydrogens (primary N) is 1. The van der Waals surface area contributed by atoms with Crippen molar-refractivity contribution in [2.75, 3.05) is 7.11 Å². The van der Waals surface area contributed by atoms with Crippen LogP contribution in [0.2, 0.25) is 0 Å². The van der Waals surface area contributed by atoms with Crippen molar-refractivity contribution in [1.29, 1.82) is 0 Å². The first kappa shape index (κ1) is 12.4. The van der Waals surface area contributed by atoms with Crippen LogP contribution in [0.4, 0.5) is 0 Å². The van der Waals surface area contributed by atoms with Gasteiger partial charge < -0.3 is 4.74 Å². The average molecular weight is 315 g/mol. The van der Waals surface area contributed by atoms with E-state index in [4.69, 9.17) is 10.6 Å². The maximum Gasteiger partial charge on any atom is 0.233 e. The number of methoxy groups -OCH3 is 1. The van der Waals surface area contributed by atoms with E-state index in [1.165, 1.54) is 0 Å². The predicted molar refractivity (Wildman–Crippen MR) is 69.8 cm³/mol. The zero-order valence-corrected chi connectivity index (χ0v) is 11.5. The lowest BCUT2D eigenvalue weighted by molar-refractivity contribution is 0.390. The molecule has 0 aromatic carbocycles. The lowest BCUT2D eigenvalue weighted by Crippen LogP contribution is -2.29. The van der Waals surface area contributed by atoms with Gasteiger partial charge >= 0.3 is 0 Å². The van der Waals surface area contributed by atoms with Gasteiger partial charge in [0.25, 0.3) is 0 Å². The van der Waals surface area contributed by atoms with Gasteiger partial charge in [-0.25, -0.2) is 5.43 Å². The minimum Gasteiger partial charge on any atom is -0.480 e. The fraction of sp³-hybridized carbons (Fsp3) is 0.200. The summed E-state index contributed by atoms with van der Waals surface area (Å²) in [6, 6.07) is 5.39. The van der Waals surface area contributed by atoms with Crippen LogP contribution < -0.4 is 16.0 Å². The number of hydrogen-bond donors (Lipinski definition) is 2. The second-order valence-corrected chi connectivity index (χ2v) is 5.04. The zero-order valence-electron chi connectivity index (χ0n) is 9.05. The molecule has 0 saturated heterocycles. The number of aromatic nitrogens is 2. The van der Waals surface area contributed by atoms with Crippen LogP contribution in [-0.2, 0) is 0 Å². The van der Waals surface area contributed by atoms with E-state index in [0.717, 1.165) is 15.0 Å². The van der Waals surface area contributed by atoms with Crippen LogP contribution in [0.15, 0.2) is 28.1 Å². The van der Waals surface area contributed by atoms with Crippen LogP contribution in [-0.4, -0.2) is 17.3 Å². The van der Waals surface area contributed by atoms with E-state index in [0.29, 0.717) is 5.88 Å². The number of rotatable bonds is 4. The molecular formula is C10H11BrN4OS. The number of thiophene rings is 1. The van der Waals surface area contributed by atoms with Gasteiger partial charge in [-0.1, -0.05) is 0 Å². The standard InChI is InChI=1S/C10H11BrN4OS/c1-16-8-3-2-7(14-15-8)9(13-12)10-6(11)4-5-17-10/h2-5,9,13H,12H2,1H3. The topological polar surface area (TPSA) is 73.1 Å². The van der Waals surface area contributed by atoms with Gasteiger partial charge in [-0.05, 0) is 33.4 Å². The first-order chi connectivity index (χ1) is 8.26. The minimum absolute atomic E-state index is 0.178. The van der Waals surface area contributed by atoms with Gasteiger partial charge in [-0.3, -0.25) is 5.84 Å². The highest BCUT2D eigenvalue weighted by atomic mass is 79.9. The number of ether oxygens (including phenoxy) is 1. The molecule has 7 heteroatoms. The lowest BCUT2D eigenvalue weighted by atomic mass is 10.2. The minimum atomic E-state index is -0.178. The lowest BCUT2D eigenvalue weighted by Gasteiger charge is -2.13. The third-order valence-electron chi connectivity index (χ3n) is 2.24. The van der Waals surface area contributed by atoms with Crippen LogP contribution in [0.3, 0.4) is 0 Å². The van der Waals surface area contributed by atoms with E-state index < -0.39 is 0 Å². The summed E-state index contributed by atoms with van der Waals surface area (Å²) in [7, 11) is 1.55. The van der Waals surface area contributed by atoms with Crippen molar-refractivity contribution in [3.05, 3.63) is 38.6 Å². The van der Waals surface area contributed by atoms with Crippen LogP contribution in [0, 0.1) is 0 Å². The Morgan fingerprint density at radius 1 is 1.41 bits per heavy atom. The number of hydrazine groups is 1. The van der Waals surface area contributed by atoms with Crippen molar-refractivity contribution in [3.8, 4) is 5.88 Å². The second kappa shape index (κ2) is 5.54. The molecule has 0 amide bonds. The molecule has 0 radical (unpaired) electrons. The molecule has 2 rings (SSSR count). The number of nitrogens with one attached hydrogen (secondary N) is 1. The highest BCUT2D eigenvalue weighted by Crippen LogP contribution is 2.31. The molecule has 1 atom stereocenters. The third-order valence-corrected chi connectivity index (χ3v) is 4.17. The summed E-state index contributed by atoms with van der Waals surface area (Å²) in [6.45, 7) is 0. The largest absolute Gasteiger partial charge is 0.480 e. The second-order valence-electron chi connectivity index (χ2n) is 3.23. The molecule has 2 heterocycles. The molecule has 2 aromatic heterocycles. The Bertz CT molecular complexity index is 487. The molecule has 0 aliphatic heterocycles. The van der Waals surface area contributed by atoms with Crippen molar-refractivity contribution in [3.63, 3.8) is 0 Å². The van der Waals surface area contributed by atoms with E-state index in [-0.39, 0.29) is 6.04 Å². The predicted octanol–water partition coefficient (Wildman–Crippen LogP) is 1.86. The molecule has 17 heavy (non-hydrogen) atoms. The monoisotopic (exact) mass is 314 g/mol. The molecule has 3 N–H and O–H groups in total. The maximum atomic E-state index is 5.57. The van der Waals surface area contributed by atoms with Crippen LogP contribution in [0.25, 0.3) is 0 Å². The Morgan fingerprint density at radius 3 is 2.71 bits per heavy atom. The molecule has 1 unspecified atom stereocenters. The summed E-state index contributed by atoms with van der Waals surface area (Å²) in [4.78, 5) is 1.06. The van der Waals surface area contributed by atoms with Gasteiger partial charge in [0, 0.05) is 15.4 Å². The Kier molecular flexibility index (Phi) is 4.06. The molecule has 90 valence electrons. The van der Waals surface area contributed by atoms with Crippen molar-refractivity contribution in [1.82, 2.24) is 15.6 Å². The van der Waals surface area contributed by atoms with Gasteiger partial charge in [-0.15, -0.1) is 21.5 Å². The first-order valence-electron chi connectivity index (χ1n) is 4.83. The van der Waals surface area contributed by atoms with Gasteiger partial charge in [0.2, 0.25) is 5.88 Å². The Hall–Kier alpha value is -1.02. The third kappa shape index (κ3) is 2.63. The first-order valence-corrected chi connectivity index (χ1v) is 6.50. The van der Waals surface area contributed by atoms with Crippen molar-refractivity contribution >= 4 is 27.3 Å². The summed E-state index contributed by atoms with van der Waals surface area (Å²) in [5.74, 6) is 6.05. The van der Waals surface area contributed by atoms with Crippen LogP contribution in [0.1, 0.15) is 16.6 Å². The Morgan fingerprint density at radius 2 is 2.24 bits per heavy atom. The maximum absolute atomic E-state index is 5.57. The molecule has 5 nitrogen and oxygen atoms in total. The van der Waals surface area contributed by atoms with Crippen molar-refractivity contribution in [2.45, 2.75) is 6.04 Å². The van der Waals surface area contributed by atoms with Crippen LogP contribution in [0.5, 0.6) is 5.88 Å². The fourth-order valence-electron chi connectivity index (χ4n) is 1.40. The highest BCUT2D eigenvalue weighted by molar-refractivity contribution is 9.10. The summed E-state index contributed by atoms with van der Waals surface area (Å²) < 4.78 is 5.97. The van der Waals surface area contributed by atoms with E-state index in [2.05, 4.69) is 31.6 Å². The van der Waals surface area contributed by atoms with E-state index in [9.17, 15) is 0 Å². The average Bonchev–Trinajstić information content (AvgIpc) is 2.78. The molecule has 2 aromatic rings. The molecule has 0 fully saturated rings. The Balaban J connectivity index is 2.32. The normalized spacial score (nSPS) is 12.4. The summed E-state index contributed by atoms with van der Waals surface area (Å²) in [5.41, 5.74) is 3.48. The fourth-order valence-corrected chi connectivity index (χ4v) is 3.07. The molecular weight excluding hydrogens is 304 g/mol. The SMILES string of the molecule is COc1ccc(C(NN)c2sccc2Br)nn1. The quantitative estimate of drug-likeness (QED) is 0.665. The summed E-state index contributed by atoms with van der Waals surface area (Å²) in [6.07, 6.45) is 0. The van der Waals surface area contributed by atoms with Crippen LogP contribution >= 0.6 is 27.3 Å². The number of nitrogens with zero attached hydrogens (tertiary/aromatic N) is 2. The van der Waals surface area contributed by atoms with Gasteiger partial charge in [0.15, 0.2) is 0 Å². The van der Waals surface area contributed by atoms with Gasteiger partial charge in [0.05, 0.1) is 12.8 Å². The highest BCUT2D eigenvalue weighted by Gasteiger charge is 2.18. The molecule has 0 aliphatic carbocycles. The number of hydrogen-bond acceptors (Lipinski definition) is 6. The molecule has 0 aliphatic rings. The van der Waals surface area contributed by atoms with Gasteiger partial charge in [0.1, 0.15) is 6.04 Å². The molecule has 0 saturated carbocycles. The van der Waals surface area contributed by atoms with Gasteiger partial charge in [-0.2, -0.15) is 0 Å². The van der Waals surface area contributed by atoms with E-state index in [1.54, 1.807) is 24.5 Å². The molecule has 0 spiro atoms. The summed E-state index contributed by atoms with van der Waals surface area (Å²) >= 11 is 5.07. The zero-order chi connectivity index (χ0) is 12.3. The smallest absolute Gasteiger partial charge is 0.233 e. The van der Waals surface area contributed by atoms with Crippen molar-refractivity contribution in [2.24, 2.45) is 5.84 Å². The number of halogens is 1. The van der Waals surface area contributed by atoms with E-state index >= 15 is 0 Å².